The van der Waals surface area contributed by atoms with Crippen molar-refractivity contribution >= 4 is 71.5 Å². The molecule has 44 heavy (non-hydrogen) atoms. The number of nitrogens with zero attached hydrogens (tertiary/aromatic N) is 3. The Bertz CT molecular complexity index is 2090. The molecule has 1 amide bonds. The van der Waals surface area contributed by atoms with Gasteiger partial charge in [0.1, 0.15) is 5.58 Å². The zero-order valence-electron chi connectivity index (χ0n) is 23.3. The predicted octanol–water partition coefficient (Wildman–Crippen LogP) is 7.63. The first-order chi connectivity index (χ1) is 21.4. The van der Waals surface area contributed by atoms with Crippen LogP contribution in [0.15, 0.2) is 114 Å². The summed E-state index contributed by atoms with van der Waals surface area (Å²) in [6, 6.07) is 27.1. The molecular weight excluding hydrogens is 692 g/mol. The fourth-order valence-corrected chi connectivity index (χ4v) is 5.33. The number of halogens is 2. The molecule has 0 saturated carbocycles. The largest absolute Gasteiger partial charge is 0.490 e. The van der Waals surface area contributed by atoms with Crippen molar-refractivity contribution in [2.45, 2.75) is 6.92 Å². The van der Waals surface area contributed by atoms with Crippen LogP contribution in [0, 0.1) is 0 Å². The lowest BCUT2D eigenvalue weighted by Crippen LogP contribution is -2.20. The average Bonchev–Trinajstić information content (AvgIpc) is 3.44. The third-order valence-electron chi connectivity index (χ3n) is 6.54. The highest BCUT2D eigenvalue weighted by molar-refractivity contribution is 9.10. The molecule has 0 saturated heterocycles. The van der Waals surface area contributed by atoms with E-state index in [4.69, 9.17) is 18.9 Å². The molecule has 11 heteroatoms. The molecule has 0 unspecified atom stereocenters. The van der Waals surface area contributed by atoms with Crippen molar-refractivity contribution in [1.82, 2.24) is 9.66 Å². The quantitative estimate of drug-likeness (QED) is 0.154. The van der Waals surface area contributed by atoms with Gasteiger partial charge in [-0.25, -0.2) is 4.98 Å². The van der Waals surface area contributed by atoms with Crippen LogP contribution in [0.4, 0.5) is 5.69 Å². The van der Waals surface area contributed by atoms with Crippen LogP contribution in [0.1, 0.15) is 12.5 Å². The van der Waals surface area contributed by atoms with Gasteiger partial charge < -0.3 is 19.2 Å². The third kappa shape index (κ3) is 6.29. The normalized spacial score (nSPS) is 11.3. The van der Waals surface area contributed by atoms with Crippen LogP contribution in [0.25, 0.3) is 33.5 Å². The van der Waals surface area contributed by atoms with Crippen molar-refractivity contribution in [2.75, 3.05) is 18.5 Å². The second-order valence-electron chi connectivity index (χ2n) is 9.56. The lowest BCUT2D eigenvalue weighted by Gasteiger charge is -2.14. The van der Waals surface area contributed by atoms with Crippen LogP contribution in [-0.2, 0) is 4.79 Å². The maximum Gasteiger partial charge on any atom is 0.282 e. The highest BCUT2D eigenvalue weighted by Crippen LogP contribution is 2.34. The van der Waals surface area contributed by atoms with Gasteiger partial charge in [0.15, 0.2) is 23.9 Å². The van der Waals surface area contributed by atoms with Gasteiger partial charge in [-0.1, -0.05) is 46.3 Å². The zero-order chi connectivity index (χ0) is 30.6. The Morgan fingerprint density at radius 1 is 0.977 bits per heavy atom. The van der Waals surface area contributed by atoms with E-state index in [0.717, 1.165) is 9.86 Å². The Morgan fingerprint density at radius 3 is 2.57 bits per heavy atom. The van der Waals surface area contributed by atoms with Gasteiger partial charge in [0.2, 0.25) is 5.82 Å². The Hall–Kier alpha value is -4.74. The van der Waals surface area contributed by atoms with E-state index in [1.165, 1.54) is 10.9 Å². The number of rotatable bonds is 9. The van der Waals surface area contributed by atoms with Gasteiger partial charge in [-0.05, 0) is 83.5 Å². The first-order valence-electron chi connectivity index (χ1n) is 13.6. The van der Waals surface area contributed by atoms with E-state index in [0.29, 0.717) is 56.1 Å². The molecule has 0 spiro atoms. The molecule has 2 aromatic heterocycles. The second kappa shape index (κ2) is 12.9. The standard InChI is InChI=1S/C33H24Br2N4O5/c1-2-42-28-16-21(25(35)17-29(28)43-19-31(40)37-23-8-4-3-5-9-23)18-36-39-32(38-26-11-7-6-10-24(26)33(39)41)30-15-20-14-22(34)12-13-27(20)44-30/h3-18H,2,19H2,1H3,(H,37,40). The van der Waals surface area contributed by atoms with Crippen molar-refractivity contribution < 1.29 is 18.7 Å². The molecule has 6 aromatic rings. The molecule has 0 atom stereocenters. The summed E-state index contributed by atoms with van der Waals surface area (Å²) < 4.78 is 20.4. The molecule has 0 fully saturated rings. The molecule has 1 N–H and O–H groups in total. The van der Waals surface area contributed by atoms with Crippen LogP contribution in [0.5, 0.6) is 11.5 Å². The molecule has 0 bridgehead atoms. The number of hydrogen-bond acceptors (Lipinski definition) is 7. The van der Waals surface area contributed by atoms with Crippen molar-refractivity contribution in [3.63, 3.8) is 0 Å². The van der Waals surface area contributed by atoms with Crippen molar-refractivity contribution in [3.05, 3.63) is 116 Å². The third-order valence-corrected chi connectivity index (χ3v) is 7.72. The summed E-state index contributed by atoms with van der Waals surface area (Å²) in [4.78, 5) is 30.9. The van der Waals surface area contributed by atoms with Crippen LogP contribution < -0.4 is 20.3 Å². The Morgan fingerprint density at radius 2 is 1.75 bits per heavy atom. The van der Waals surface area contributed by atoms with Gasteiger partial charge in [-0.2, -0.15) is 9.78 Å². The zero-order valence-corrected chi connectivity index (χ0v) is 26.5. The molecular formula is C33H24Br2N4O5. The second-order valence-corrected chi connectivity index (χ2v) is 11.3. The van der Waals surface area contributed by atoms with Crippen molar-refractivity contribution in [3.8, 4) is 23.1 Å². The SMILES string of the molecule is CCOc1cc(C=Nn2c(-c3cc4cc(Br)ccc4o3)nc3ccccc3c2=O)c(Br)cc1OCC(=O)Nc1ccccc1. The van der Waals surface area contributed by atoms with Gasteiger partial charge in [0, 0.05) is 25.6 Å². The predicted molar refractivity (Wildman–Crippen MR) is 178 cm³/mol. The molecule has 2 heterocycles. The van der Waals surface area contributed by atoms with Gasteiger partial charge in [-0.3, -0.25) is 9.59 Å². The number of ether oxygens (including phenoxy) is 2. The molecule has 0 radical (unpaired) electrons. The maximum atomic E-state index is 13.7. The van der Waals surface area contributed by atoms with E-state index in [9.17, 15) is 9.59 Å². The van der Waals surface area contributed by atoms with Crippen molar-refractivity contribution in [1.29, 1.82) is 0 Å². The number of carbonyl (C=O) groups excluding carboxylic acids is 1. The fraction of sp³-hybridized carbons (Fsp3) is 0.0909. The lowest BCUT2D eigenvalue weighted by atomic mass is 10.2. The summed E-state index contributed by atoms with van der Waals surface area (Å²) in [7, 11) is 0. The Kier molecular flexibility index (Phi) is 8.58. The molecule has 4 aromatic carbocycles. The van der Waals surface area contributed by atoms with Gasteiger partial charge >= 0.3 is 0 Å². The number of fused-ring (bicyclic) bond motifs is 2. The van der Waals surface area contributed by atoms with E-state index in [1.54, 1.807) is 42.5 Å². The summed E-state index contributed by atoms with van der Waals surface area (Å²) >= 11 is 7.05. The number of carbonyl (C=O) groups is 1. The summed E-state index contributed by atoms with van der Waals surface area (Å²) in [5.74, 6) is 1.12. The molecule has 6 rings (SSSR count). The highest BCUT2D eigenvalue weighted by atomic mass is 79.9. The van der Waals surface area contributed by atoms with Crippen LogP contribution in [0.2, 0.25) is 0 Å². The van der Waals surface area contributed by atoms with Gasteiger partial charge in [0.05, 0.1) is 23.7 Å². The number of benzene rings is 4. The smallest absolute Gasteiger partial charge is 0.282 e. The van der Waals surface area contributed by atoms with Gasteiger partial charge in [0.25, 0.3) is 11.5 Å². The number of anilines is 1. The number of nitrogens with one attached hydrogen (secondary N) is 1. The van der Waals surface area contributed by atoms with Crippen molar-refractivity contribution in [2.24, 2.45) is 5.10 Å². The first-order valence-corrected chi connectivity index (χ1v) is 15.2. The topological polar surface area (TPSA) is 108 Å². The number of para-hydroxylation sites is 2. The highest BCUT2D eigenvalue weighted by Gasteiger charge is 2.17. The molecule has 0 aliphatic heterocycles. The van der Waals surface area contributed by atoms with Crippen LogP contribution >= 0.6 is 31.9 Å². The summed E-state index contributed by atoms with van der Waals surface area (Å²) in [6.07, 6.45) is 1.53. The lowest BCUT2D eigenvalue weighted by molar-refractivity contribution is -0.118. The Labute approximate surface area is 268 Å². The molecule has 0 aliphatic rings. The minimum absolute atomic E-state index is 0.218. The number of hydrogen-bond donors (Lipinski definition) is 1. The monoisotopic (exact) mass is 714 g/mol. The molecule has 220 valence electrons. The number of aromatic nitrogens is 2. The number of furan rings is 1. The minimum Gasteiger partial charge on any atom is -0.490 e. The minimum atomic E-state index is -0.353. The van der Waals surface area contributed by atoms with Crippen LogP contribution in [0.3, 0.4) is 0 Å². The molecule has 0 aliphatic carbocycles. The van der Waals surface area contributed by atoms with Gasteiger partial charge in [-0.15, -0.1) is 0 Å². The first kappa shape index (κ1) is 29.3. The van der Waals surface area contributed by atoms with Crippen LogP contribution in [-0.4, -0.2) is 35.0 Å². The summed E-state index contributed by atoms with van der Waals surface area (Å²) in [5.41, 5.74) is 2.10. The fourth-order valence-electron chi connectivity index (χ4n) is 4.53. The summed E-state index contributed by atoms with van der Waals surface area (Å²) in [5, 5.41) is 8.62. The van der Waals surface area contributed by atoms with E-state index >= 15 is 0 Å². The van der Waals surface area contributed by atoms with E-state index < -0.39 is 0 Å². The van der Waals surface area contributed by atoms with E-state index in [-0.39, 0.29) is 23.9 Å². The number of amides is 1. The maximum absolute atomic E-state index is 13.7. The average molecular weight is 716 g/mol. The summed E-state index contributed by atoms with van der Waals surface area (Å²) in [6.45, 7) is 2.00. The molecule has 9 nitrogen and oxygen atoms in total. The Balaban J connectivity index is 1.34. The van der Waals surface area contributed by atoms with E-state index in [1.807, 2.05) is 55.5 Å². The van der Waals surface area contributed by atoms with E-state index in [2.05, 4.69) is 42.3 Å².